The van der Waals surface area contributed by atoms with Crippen LogP contribution in [0.3, 0.4) is 0 Å². The molecule has 1 N–H and O–H groups in total. The highest BCUT2D eigenvalue weighted by Gasteiger charge is 2.20. The molecule has 100 valence electrons. The quantitative estimate of drug-likeness (QED) is 0.801. The predicted molar refractivity (Wildman–Crippen MR) is 76.3 cm³/mol. The summed E-state index contributed by atoms with van der Waals surface area (Å²) in [5, 5.41) is 4.20. The molecule has 0 spiro atoms. The number of benzene rings is 1. The molecule has 0 saturated heterocycles. The fraction of sp³-hybridized carbons (Fsp3) is 0.600. The van der Waals surface area contributed by atoms with Gasteiger partial charge < -0.3 is 10.1 Å². The first-order valence-electron chi connectivity index (χ1n) is 6.87. The molecule has 0 aromatic heterocycles. The van der Waals surface area contributed by atoms with E-state index in [-0.39, 0.29) is 6.10 Å². The van der Waals surface area contributed by atoms with Gasteiger partial charge in [-0.2, -0.15) is 0 Å². The Morgan fingerprint density at radius 1 is 1.44 bits per heavy atom. The molecule has 0 amide bonds. The predicted octanol–water partition coefficient (Wildman–Crippen LogP) is 4.16. The van der Waals surface area contributed by atoms with Crippen molar-refractivity contribution in [2.75, 3.05) is 0 Å². The fourth-order valence-electron chi connectivity index (χ4n) is 1.98. The SMILES string of the molecule is CCCC(C)Oc1ccc(CNC2CC2)cc1Cl. The lowest BCUT2D eigenvalue weighted by molar-refractivity contribution is 0.210. The van der Waals surface area contributed by atoms with Crippen LogP contribution in [0.5, 0.6) is 5.75 Å². The molecule has 1 aliphatic rings. The Kier molecular flexibility index (Phi) is 4.90. The second kappa shape index (κ2) is 6.44. The average molecular weight is 268 g/mol. The standard InChI is InChI=1S/C15H22ClNO/c1-3-4-11(2)18-15-8-5-12(9-14(15)16)10-17-13-6-7-13/h5,8-9,11,13,17H,3-4,6-7,10H2,1-2H3. The van der Waals surface area contributed by atoms with Crippen LogP contribution in [0.1, 0.15) is 45.1 Å². The second-order valence-corrected chi connectivity index (χ2v) is 5.54. The molecule has 2 rings (SSSR count). The van der Waals surface area contributed by atoms with Crippen LogP contribution in [-0.2, 0) is 6.54 Å². The zero-order valence-corrected chi connectivity index (χ0v) is 12.0. The molecule has 1 atom stereocenters. The van der Waals surface area contributed by atoms with Gasteiger partial charge in [0.2, 0.25) is 0 Å². The number of halogens is 1. The zero-order valence-electron chi connectivity index (χ0n) is 11.2. The van der Waals surface area contributed by atoms with Crippen molar-refractivity contribution in [3.05, 3.63) is 28.8 Å². The smallest absolute Gasteiger partial charge is 0.138 e. The van der Waals surface area contributed by atoms with Gasteiger partial charge in [-0.1, -0.05) is 31.0 Å². The van der Waals surface area contributed by atoms with Crippen molar-refractivity contribution in [1.82, 2.24) is 5.32 Å². The zero-order chi connectivity index (χ0) is 13.0. The molecule has 18 heavy (non-hydrogen) atoms. The number of rotatable bonds is 7. The molecule has 0 heterocycles. The molecule has 1 saturated carbocycles. The summed E-state index contributed by atoms with van der Waals surface area (Å²) in [7, 11) is 0. The van der Waals surface area contributed by atoms with Gasteiger partial charge in [-0.15, -0.1) is 0 Å². The second-order valence-electron chi connectivity index (χ2n) is 5.14. The summed E-state index contributed by atoms with van der Waals surface area (Å²) in [6.07, 6.45) is 5.03. The number of nitrogens with one attached hydrogen (secondary N) is 1. The Morgan fingerprint density at radius 3 is 2.83 bits per heavy atom. The fourth-order valence-corrected chi connectivity index (χ4v) is 2.23. The van der Waals surface area contributed by atoms with E-state index in [1.165, 1.54) is 18.4 Å². The molecule has 0 bridgehead atoms. The normalized spacial score (nSPS) is 16.6. The Morgan fingerprint density at radius 2 is 2.22 bits per heavy atom. The molecular formula is C15H22ClNO. The Bertz CT molecular complexity index is 390. The summed E-state index contributed by atoms with van der Waals surface area (Å²) < 4.78 is 5.83. The summed E-state index contributed by atoms with van der Waals surface area (Å²) >= 11 is 6.25. The topological polar surface area (TPSA) is 21.3 Å². The van der Waals surface area contributed by atoms with Crippen LogP contribution in [0, 0.1) is 0 Å². The van der Waals surface area contributed by atoms with Crippen molar-refractivity contribution in [3.8, 4) is 5.75 Å². The van der Waals surface area contributed by atoms with E-state index >= 15 is 0 Å². The van der Waals surface area contributed by atoms with Gasteiger partial charge in [-0.05, 0) is 43.9 Å². The van der Waals surface area contributed by atoms with Gasteiger partial charge in [0.25, 0.3) is 0 Å². The van der Waals surface area contributed by atoms with Gasteiger partial charge in [-0.25, -0.2) is 0 Å². The highest BCUT2D eigenvalue weighted by molar-refractivity contribution is 6.32. The molecule has 1 aromatic carbocycles. The molecule has 1 aliphatic carbocycles. The third-order valence-electron chi connectivity index (χ3n) is 3.19. The summed E-state index contributed by atoms with van der Waals surface area (Å²) in [5.74, 6) is 0.799. The minimum atomic E-state index is 0.225. The van der Waals surface area contributed by atoms with Gasteiger partial charge in [0.1, 0.15) is 5.75 Å². The highest BCUT2D eigenvalue weighted by atomic mass is 35.5. The van der Waals surface area contributed by atoms with Crippen LogP contribution in [0.25, 0.3) is 0 Å². The van der Waals surface area contributed by atoms with Crippen molar-refractivity contribution in [3.63, 3.8) is 0 Å². The van der Waals surface area contributed by atoms with Crippen molar-refractivity contribution in [1.29, 1.82) is 0 Å². The number of ether oxygens (including phenoxy) is 1. The van der Waals surface area contributed by atoms with E-state index in [1.54, 1.807) is 0 Å². The average Bonchev–Trinajstić information content (AvgIpc) is 3.14. The molecule has 1 unspecified atom stereocenters. The molecule has 0 aliphatic heterocycles. The highest BCUT2D eigenvalue weighted by Crippen LogP contribution is 2.27. The summed E-state index contributed by atoms with van der Waals surface area (Å²) in [5.41, 5.74) is 1.22. The van der Waals surface area contributed by atoms with Crippen LogP contribution >= 0.6 is 11.6 Å². The van der Waals surface area contributed by atoms with Gasteiger partial charge in [0.15, 0.2) is 0 Å². The summed E-state index contributed by atoms with van der Waals surface area (Å²) in [4.78, 5) is 0. The maximum absolute atomic E-state index is 6.25. The monoisotopic (exact) mass is 267 g/mol. The molecule has 2 nitrogen and oxygen atoms in total. The number of hydrogen-bond acceptors (Lipinski definition) is 2. The Labute approximate surface area is 115 Å². The maximum atomic E-state index is 6.25. The van der Waals surface area contributed by atoms with Gasteiger partial charge in [0.05, 0.1) is 11.1 Å². The van der Waals surface area contributed by atoms with E-state index in [0.717, 1.165) is 31.2 Å². The minimum absolute atomic E-state index is 0.225. The van der Waals surface area contributed by atoms with Gasteiger partial charge in [0, 0.05) is 12.6 Å². The Balaban J connectivity index is 1.90. The van der Waals surface area contributed by atoms with E-state index in [1.807, 2.05) is 12.1 Å². The van der Waals surface area contributed by atoms with E-state index in [4.69, 9.17) is 16.3 Å². The summed E-state index contributed by atoms with van der Waals surface area (Å²) in [6.45, 7) is 5.14. The molecule has 0 radical (unpaired) electrons. The largest absolute Gasteiger partial charge is 0.489 e. The third-order valence-corrected chi connectivity index (χ3v) is 3.49. The third kappa shape index (κ3) is 4.18. The summed E-state index contributed by atoms with van der Waals surface area (Å²) in [6, 6.07) is 6.81. The lowest BCUT2D eigenvalue weighted by Crippen LogP contribution is -2.15. The number of hydrogen-bond donors (Lipinski definition) is 1. The first-order valence-corrected chi connectivity index (χ1v) is 7.25. The van der Waals surface area contributed by atoms with Crippen molar-refractivity contribution in [2.45, 2.75) is 58.2 Å². The first-order chi connectivity index (χ1) is 8.69. The first kappa shape index (κ1) is 13.7. The van der Waals surface area contributed by atoms with E-state index in [2.05, 4.69) is 25.2 Å². The van der Waals surface area contributed by atoms with Crippen LogP contribution in [0.2, 0.25) is 5.02 Å². The lowest BCUT2D eigenvalue weighted by atomic mass is 10.2. The van der Waals surface area contributed by atoms with Crippen LogP contribution < -0.4 is 10.1 Å². The molecule has 1 fully saturated rings. The molecule has 3 heteroatoms. The van der Waals surface area contributed by atoms with Crippen LogP contribution in [0.4, 0.5) is 0 Å². The minimum Gasteiger partial charge on any atom is -0.489 e. The van der Waals surface area contributed by atoms with E-state index in [9.17, 15) is 0 Å². The van der Waals surface area contributed by atoms with Crippen molar-refractivity contribution >= 4 is 11.6 Å². The van der Waals surface area contributed by atoms with Gasteiger partial charge >= 0.3 is 0 Å². The van der Waals surface area contributed by atoms with E-state index < -0.39 is 0 Å². The van der Waals surface area contributed by atoms with Crippen LogP contribution in [0.15, 0.2) is 18.2 Å². The Hall–Kier alpha value is -0.730. The lowest BCUT2D eigenvalue weighted by Gasteiger charge is -2.15. The van der Waals surface area contributed by atoms with E-state index in [0.29, 0.717) is 5.02 Å². The van der Waals surface area contributed by atoms with Gasteiger partial charge in [-0.3, -0.25) is 0 Å². The molecule has 1 aromatic rings. The van der Waals surface area contributed by atoms with Crippen LogP contribution in [-0.4, -0.2) is 12.1 Å². The molecular weight excluding hydrogens is 246 g/mol. The van der Waals surface area contributed by atoms with Crippen molar-refractivity contribution < 1.29 is 4.74 Å². The van der Waals surface area contributed by atoms with Crippen molar-refractivity contribution in [2.24, 2.45) is 0 Å². The maximum Gasteiger partial charge on any atom is 0.138 e.